The number of hydrogen-bond donors (Lipinski definition) is 0. The Morgan fingerprint density at radius 3 is 2.67 bits per heavy atom. The maximum atomic E-state index is 11.0. The number of carbonyl (C=O) groups excluding carboxylic acids is 1. The summed E-state index contributed by atoms with van der Waals surface area (Å²) in [5, 5.41) is 18.5. The van der Waals surface area contributed by atoms with Crippen LogP contribution < -0.4 is 4.74 Å². The van der Waals surface area contributed by atoms with Gasteiger partial charge in [-0.2, -0.15) is 0 Å². The predicted molar refractivity (Wildman–Crippen MR) is 82.5 cm³/mol. The lowest BCUT2D eigenvalue weighted by molar-refractivity contribution is -0.384. The number of carbonyl (C=O) groups is 1. The molecule has 3 rings (SSSR count). The second kappa shape index (κ2) is 6.69. The first-order valence-corrected chi connectivity index (χ1v) is 6.91. The number of nitro groups is 1. The topological polar surface area (TPSA) is 108 Å². The molecule has 0 saturated heterocycles. The number of aromatic nitrogens is 2. The van der Waals surface area contributed by atoms with Gasteiger partial charge < -0.3 is 9.15 Å². The van der Waals surface area contributed by atoms with E-state index in [0.29, 0.717) is 12.2 Å². The van der Waals surface area contributed by atoms with Crippen molar-refractivity contribution in [3.05, 3.63) is 70.1 Å². The number of nitrogens with zero attached hydrogens (tertiary/aromatic N) is 3. The van der Waals surface area contributed by atoms with Crippen molar-refractivity contribution in [1.82, 2.24) is 10.2 Å². The summed E-state index contributed by atoms with van der Waals surface area (Å²) >= 11 is 0. The molecule has 0 N–H and O–H groups in total. The number of benzene rings is 2. The van der Waals surface area contributed by atoms with Gasteiger partial charge in [0.05, 0.1) is 10.5 Å². The van der Waals surface area contributed by atoms with Crippen molar-refractivity contribution in [1.29, 1.82) is 0 Å². The van der Waals surface area contributed by atoms with E-state index < -0.39 is 4.92 Å². The highest BCUT2D eigenvalue weighted by atomic mass is 16.6. The lowest BCUT2D eigenvalue weighted by Gasteiger charge is -2.05. The van der Waals surface area contributed by atoms with Crippen molar-refractivity contribution in [2.45, 2.75) is 6.61 Å². The highest BCUT2D eigenvalue weighted by molar-refractivity contribution is 5.80. The summed E-state index contributed by atoms with van der Waals surface area (Å²) < 4.78 is 10.9. The zero-order valence-electron chi connectivity index (χ0n) is 12.3. The summed E-state index contributed by atoms with van der Waals surface area (Å²) in [4.78, 5) is 21.2. The van der Waals surface area contributed by atoms with Crippen LogP contribution in [0.2, 0.25) is 0 Å². The van der Waals surface area contributed by atoms with Crippen LogP contribution in [0.3, 0.4) is 0 Å². The van der Waals surface area contributed by atoms with Crippen LogP contribution in [0.1, 0.15) is 16.2 Å². The van der Waals surface area contributed by atoms with E-state index in [9.17, 15) is 14.9 Å². The normalized spacial score (nSPS) is 10.3. The third kappa shape index (κ3) is 3.27. The summed E-state index contributed by atoms with van der Waals surface area (Å²) in [5.74, 6) is 0.785. The van der Waals surface area contributed by atoms with E-state index in [1.807, 2.05) is 30.3 Å². The van der Waals surface area contributed by atoms with Crippen LogP contribution >= 0.6 is 0 Å². The predicted octanol–water partition coefficient (Wildman–Crippen LogP) is 3.04. The molecule has 8 nitrogen and oxygen atoms in total. The smallest absolute Gasteiger partial charge is 0.270 e. The molecule has 3 aromatic rings. The average molecular weight is 325 g/mol. The molecule has 2 aromatic carbocycles. The molecule has 0 radical (unpaired) electrons. The molecule has 1 heterocycles. The molecule has 0 bridgehead atoms. The Morgan fingerprint density at radius 1 is 1.17 bits per heavy atom. The van der Waals surface area contributed by atoms with Gasteiger partial charge in [0.2, 0.25) is 5.89 Å². The van der Waals surface area contributed by atoms with Gasteiger partial charge in [-0.1, -0.05) is 18.2 Å². The van der Waals surface area contributed by atoms with Gasteiger partial charge in [0.25, 0.3) is 11.6 Å². The highest BCUT2D eigenvalue weighted by Crippen LogP contribution is 2.24. The summed E-state index contributed by atoms with van der Waals surface area (Å²) in [6.45, 7) is -0.0571. The maximum Gasteiger partial charge on any atom is 0.270 e. The molecule has 0 aliphatic carbocycles. The SMILES string of the molecule is O=Cc1cc([N+](=O)[O-])ccc1OCc1nnc(-c2ccccc2)o1. The van der Waals surface area contributed by atoms with Gasteiger partial charge in [0.15, 0.2) is 12.9 Å². The molecule has 0 aliphatic heterocycles. The Bertz CT molecular complexity index is 876. The van der Waals surface area contributed by atoms with Crippen molar-refractivity contribution in [2.75, 3.05) is 0 Å². The molecule has 0 aliphatic rings. The standard InChI is InChI=1S/C16H11N3O5/c20-9-12-8-13(19(21)22)6-7-14(12)23-10-15-17-18-16(24-15)11-4-2-1-3-5-11/h1-9H,10H2. The van der Waals surface area contributed by atoms with Crippen molar-refractivity contribution in [3.8, 4) is 17.2 Å². The van der Waals surface area contributed by atoms with Gasteiger partial charge >= 0.3 is 0 Å². The van der Waals surface area contributed by atoms with Crippen LogP contribution in [0.25, 0.3) is 11.5 Å². The molecule has 0 spiro atoms. The fourth-order valence-corrected chi connectivity index (χ4v) is 2.02. The summed E-state index contributed by atoms with van der Waals surface area (Å²) in [7, 11) is 0. The molecule has 0 saturated carbocycles. The molecule has 24 heavy (non-hydrogen) atoms. The van der Waals surface area contributed by atoms with E-state index in [0.717, 1.165) is 11.6 Å². The average Bonchev–Trinajstić information content (AvgIpc) is 3.09. The number of aldehydes is 1. The first kappa shape index (κ1) is 15.3. The Morgan fingerprint density at radius 2 is 1.96 bits per heavy atom. The van der Waals surface area contributed by atoms with E-state index in [2.05, 4.69) is 10.2 Å². The van der Waals surface area contributed by atoms with Crippen LogP contribution in [0, 0.1) is 10.1 Å². The molecule has 0 fully saturated rings. The molecule has 1 aromatic heterocycles. The van der Waals surface area contributed by atoms with Gasteiger partial charge in [0, 0.05) is 17.7 Å². The summed E-state index contributed by atoms with van der Waals surface area (Å²) in [6.07, 6.45) is 0.492. The zero-order valence-corrected chi connectivity index (χ0v) is 12.3. The summed E-state index contributed by atoms with van der Waals surface area (Å²) in [6, 6.07) is 13.0. The van der Waals surface area contributed by atoms with Crippen LogP contribution in [0.4, 0.5) is 5.69 Å². The van der Waals surface area contributed by atoms with Crippen LogP contribution in [-0.4, -0.2) is 21.4 Å². The summed E-state index contributed by atoms with van der Waals surface area (Å²) in [5.41, 5.74) is 0.667. The molecule has 0 amide bonds. The van der Waals surface area contributed by atoms with Gasteiger partial charge in [-0.25, -0.2) is 0 Å². The van der Waals surface area contributed by atoms with E-state index in [1.54, 1.807) is 0 Å². The first-order chi connectivity index (χ1) is 11.7. The quantitative estimate of drug-likeness (QED) is 0.389. The fraction of sp³-hybridized carbons (Fsp3) is 0.0625. The number of non-ortho nitro benzene ring substituents is 1. The molecule has 0 atom stereocenters. The largest absolute Gasteiger partial charge is 0.483 e. The van der Waals surface area contributed by atoms with Gasteiger partial charge in [-0.05, 0) is 18.2 Å². The van der Waals surface area contributed by atoms with E-state index in [-0.39, 0.29) is 29.5 Å². The lowest BCUT2D eigenvalue weighted by atomic mass is 10.2. The lowest BCUT2D eigenvalue weighted by Crippen LogP contribution is -1.99. The van der Waals surface area contributed by atoms with E-state index in [4.69, 9.17) is 9.15 Å². The Balaban J connectivity index is 1.73. The second-order valence-corrected chi connectivity index (χ2v) is 4.75. The number of nitro benzene ring substituents is 1. The van der Waals surface area contributed by atoms with Crippen LogP contribution in [0.5, 0.6) is 5.75 Å². The van der Waals surface area contributed by atoms with Gasteiger partial charge in [-0.3, -0.25) is 14.9 Å². The number of rotatable bonds is 6. The van der Waals surface area contributed by atoms with Gasteiger partial charge in [0.1, 0.15) is 5.75 Å². The zero-order chi connectivity index (χ0) is 16.9. The minimum Gasteiger partial charge on any atom is -0.483 e. The highest BCUT2D eigenvalue weighted by Gasteiger charge is 2.13. The molecule has 120 valence electrons. The van der Waals surface area contributed by atoms with Crippen molar-refractivity contribution in [2.24, 2.45) is 0 Å². The Kier molecular flexibility index (Phi) is 4.28. The molecular formula is C16H11N3O5. The maximum absolute atomic E-state index is 11.0. The van der Waals surface area contributed by atoms with E-state index >= 15 is 0 Å². The first-order valence-electron chi connectivity index (χ1n) is 6.91. The number of ether oxygens (including phenoxy) is 1. The van der Waals surface area contributed by atoms with E-state index in [1.165, 1.54) is 12.1 Å². The van der Waals surface area contributed by atoms with Crippen molar-refractivity contribution in [3.63, 3.8) is 0 Å². The Labute approximate surface area is 135 Å². The van der Waals surface area contributed by atoms with Crippen LogP contribution in [-0.2, 0) is 6.61 Å². The minimum atomic E-state index is -0.582. The number of hydrogen-bond acceptors (Lipinski definition) is 7. The monoisotopic (exact) mass is 325 g/mol. The van der Waals surface area contributed by atoms with Gasteiger partial charge in [-0.15, -0.1) is 10.2 Å². The minimum absolute atomic E-state index is 0.0571. The Hall–Kier alpha value is -3.55. The van der Waals surface area contributed by atoms with Crippen molar-refractivity contribution >= 4 is 12.0 Å². The third-order valence-corrected chi connectivity index (χ3v) is 3.17. The molecule has 0 unspecified atom stereocenters. The fourth-order valence-electron chi connectivity index (χ4n) is 2.02. The third-order valence-electron chi connectivity index (χ3n) is 3.17. The molecular weight excluding hydrogens is 314 g/mol. The van der Waals surface area contributed by atoms with Crippen LogP contribution in [0.15, 0.2) is 52.9 Å². The van der Waals surface area contributed by atoms with Crippen molar-refractivity contribution < 1.29 is 18.9 Å². The second-order valence-electron chi connectivity index (χ2n) is 4.75. The molecule has 8 heteroatoms.